The predicted molar refractivity (Wildman–Crippen MR) is 66.9 cm³/mol. The van der Waals surface area contributed by atoms with Gasteiger partial charge in [0.15, 0.2) is 0 Å². The van der Waals surface area contributed by atoms with E-state index in [4.69, 9.17) is 17.3 Å². The minimum Gasteiger partial charge on any atom is -0.387 e. The molecule has 0 aliphatic rings. The van der Waals surface area contributed by atoms with E-state index in [0.717, 1.165) is 11.3 Å². The highest BCUT2D eigenvalue weighted by Gasteiger charge is 2.15. The van der Waals surface area contributed by atoms with Crippen LogP contribution in [-0.4, -0.2) is 5.84 Å². The maximum atomic E-state index is 6.06. The second-order valence-electron chi connectivity index (χ2n) is 4.70. The lowest BCUT2D eigenvalue weighted by atomic mass is 9.95. The number of nitrogens with two attached hydrogens (primary N) is 1. The Hall–Kier alpha value is -1.02. The Labute approximate surface area is 96.2 Å². The minimum absolute atomic E-state index is 0.131. The van der Waals surface area contributed by atoms with E-state index >= 15 is 0 Å². The molecule has 0 saturated carbocycles. The first-order chi connectivity index (χ1) is 6.80. The third kappa shape index (κ3) is 3.24. The van der Waals surface area contributed by atoms with Crippen molar-refractivity contribution in [3.63, 3.8) is 0 Å². The van der Waals surface area contributed by atoms with Gasteiger partial charge in [-0.05, 0) is 24.6 Å². The quantitative estimate of drug-likeness (QED) is 0.574. The van der Waals surface area contributed by atoms with Gasteiger partial charge in [-0.1, -0.05) is 38.4 Å². The maximum Gasteiger partial charge on any atom is 0.105 e. The van der Waals surface area contributed by atoms with Crippen molar-refractivity contribution < 1.29 is 0 Å². The Morgan fingerprint density at radius 3 is 2.40 bits per heavy atom. The summed E-state index contributed by atoms with van der Waals surface area (Å²) in [7, 11) is 0. The minimum atomic E-state index is -0.131. The predicted octanol–water partition coefficient (Wildman–Crippen LogP) is 3.68. The van der Waals surface area contributed by atoms with Gasteiger partial charge in [-0.2, -0.15) is 0 Å². The zero-order valence-electron chi connectivity index (χ0n) is 9.63. The molecule has 0 aromatic heterocycles. The van der Waals surface area contributed by atoms with Crippen LogP contribution in [0.1, 0.15) is 26.3 Å². The second kappa shape index (κ2) is 4.23. The lowest BCUT2D eigenvalue weighted by Gasteiger charge is -2.17. The van der Waals surface area contributed by atoms with E-state index in [1.165, 1.54) is 0 Å². The van der Waals surface area contributed by atoms with E-state index in [1.807, 2.05) is 45.9 Å². The monoisotopic (exact) mass is 224 g/mol. The molecule has 3 heteroatoms. The van der Waals surface area contributed by atoms with Crippen LogP contribution in [0, 0.1) is 12.3 Å². The first kappa shape index (κ1) is 12.1. The molecule has 0 aliphatic heterocycles. The summed E-state index contributed by atoms with van der Waals surface area (Å²) in [5, 5.41) is 0.641. The van der Waals surface area contributed by atoms with Crippen LogP contribution in [0.25, 0.3) is 0 Å². The summed E-state index contributed by atoms with van der Waals surface area (Å²) in [4.78, 5) is 4.33. The number of halogens is 1. The standard InChI is InChI=1S/C12H17ClN2/c1-8-5-6-10(9(13)7-8)15-11(14)12(2,3)4/h5-7H,1-4H3,(H2,14,15). The van der Waals surface area contributed by atoms with Crippen molar-refractivity contribution in [3.8, 4) is 0 Å². The molecule has 0 saturated heterocycles. The summed E-state index contributed by atoms with van der Waals surface area (Å²) < 4.78 is 0. The van der Waals surface area contributed by atoms with E-state index in [0.29, 0.717) is 10.9 Å². The largest absolute Gasteiger partial charge is 0.387 e. The Balaban J connectivity index is 3.09. The first-order valence-electron chi connectivity index (χ1n) is 4.91. The molecular weight excluding hydrogens is 208 g/mol. The van der Waals surface area contributed by atoms with Crippen LogP contribution in [-0.2, 0) is 0 Å². The fourth-order valence-electron chi connectivity index (χ4n) is 1.00. The van der Waals surface area contributed by atoms with Gasteiger partial charge in [0.05, 0.1) is 10.7 Å². The average Bonchev–Trinajstić information content (AvgIpc) is 2.08. The Kier molecular flexibility index (Phi) is 3.40. The van der Waals surface area contributed by atoms with E-state index in [2.05, 4.69) is 4.99 Å². The van der Waals surface area contributed by atoms with Crippen LogP contribution < -0.4 is 5.73 Å². The number of rotatable bonds is 1. The average molecular weight is 225 g/mol. The molecule has 0 unspecified atom stereocenters. The molecule has 0 spiro atoms. The molecule has 0 radical (unpaired) electrons. The lowest BCUT2D eigenvalue weighted by Crippen LogP contribution is -2.28. The summed E-state index contributed by atoms with van der Waals surface area (Å²) >= 11 is 6.06. The number of amidine groups is 1. The third-order valence-electron chi connectivity index (χ3n) is 2.11. The fourth-order valence-corrected chi connectivity index (χ4v) is 1.28. The molecule has 1 aromatic rings. The van der Waals surface area contributed by atoms with Gasteiger partial charge in [-0.3, -0.25) is 0 Å². The molecular formula is C12H17ClN2. The van der Waals surface area contributed by atoms with Crippen molar-refractivity contribution in [2.24, 2.45) is 16.1 Å². The van der Waals surface area contributed by atoms with Crippen LogP contribution in [0.5, 0.6) is 0 Å². The highest BCUT2D eigenvalue weighted by Crippen LogP contribution is 2.27. The molecule has 15 heavy (non-hydrogen) atoms. The van der Waals surface area contributed by atoms with Crippen molar-refractivity contribution in [3.05, 3.63) is 28.8 Å². The summed E-state index contributed by atoms with van der Waals surface area (Å²) in [5.74, 6) is 0.591. The molecule has 0 bridgehead atoms. The number of aryl methyl sites for hydroxylation is 1. The van der Waals surface area contributed by atoms with E-state index in [9.17, 15) is 0 Å². The van der Waals surface area contributed by atoms with Gasteiger partial charge in [0.25, 0.3) is 0 Å². The zero-order chi connectivity index (χ0) is 11.6. The lowest BCUT2D eigenvalue weighted by molar-refractivity contribution is 0.585. The van der Waals surface area contributed by atoms with Crippen LogP contribution in [0.15, 0.2) is 23.2 Å². The van der Waals surface area contributed by atoms with Crippen molar-refractivity contribution in [1.82, 2.24) is 0 Å². The van der Waals surface area contributed by atoms with Crippen molar-refractivity contribution in [2.75, 3.05) is 0 Å². The van der Waals surface area contributed by atoms with Gasteiger partial charge in [0.2, 0.25) is 0 Å². The van der Waals surface area contributed by atoms with Crippen molar-refractivity contribution in [1.29, 1.82) is 0 Å². The number of benzene rings is 1. The van der Waals surface area contributed by atoms with Gasteiger partial charge >= 0.3 is 0 Å². The molecule has 82 valence electrons. The van der Waals surface area contributed by atoms with Crippen LogP contribution >= 0.6 is 11.6 Å². The Bertz CT molecular complexity index is 389. The first-order valence-corrected chi connectivity index (χ1v) is 5.29. The third-order valence-corrected chi connectivity index (χ3v) is 2.42. The van der Waals surface area contributed by atoms with Crippen molar-refractivity contribution >= 4 is 23.1 Å². The molecule has 2 N–H and O–H groups in total. The van der Waals surface area contributed by atoms with Crippen LogP contribution in [0.3, 0.4) is 0 Å². The number of aliphatic imine (C=N–C) groups is 1. The number of nitrogens with zero attached hydrogens (tertiary/aromatic N) is 1. The SMILES string of the molecule is Cc1ccc(N=C(N)C(C)(C)C)c(Cl)c1. The Morgan fingerprint density at radius 1 is 1.33 bits per heavy atom. The molecule has 1 aromatic carbocycles. The van der Waals surface area contributed by atoms with E-state index < -0.39 is 0 Å². The highest BCUT2D eigenvalue weighted by atomic mass is 35.5. The highest BCUT2D eigenvalue weighted by molar-refractivity contribution is 6.33. The van der Waals surface area contributed by atoms with Crippen molar-refractivity contribution in [2.45, 2.75) is 27.7 Å². The van der Waals surface area contributed by atoms with Gasteiger partial charge in [-0.15, -0.1) is 0 Å². The van der Waals surface area contributed by atoms with Gasteiger partial charge in [-0.25, -0.2) is 4.99 Å². The number of hydrogen-bond acceptors (Lipinski definition) is 1. The fraction of sp³-hybridized carbons (Fsp3) is 0.417. The zero-order valence-corrected chi connectivity index (χ0v) is 10.4. The molecule has 0 atom stereocenters. The maximum absolute atomic E-state index is 6.06. The van der Waals surface area contributed by atoms with E-state index in [1.54, 1.807) is 0 Å². The van der Waals surface area contributed by atoms with Crippen LogP contribution in [0.2, 0.25) is 5.02 Å². The van der Waals surface area contributed by atoms with E-state index in [-0.39, 0.29) is 5.41 Å². The summed E-state index contributed by atoms with van der Waals surface area (Å²) in [6, 6.07) is 5.74. The summed E-state index contributed by atoms with van der Waals surface area (Å²) in [5.41, 5.74) is 7.60. The molecule has 2 nitrogen and oxygen atoms in total. The topological polar surface area (TPSA) is 38.4 Å². The second-order valence-corrected chi connectivity index (χ2v) is 5.11. The summed E-state index contributed by atoms with van der Waals surface area (Å²) in [6.07, 6.45) is 0. The normalized spacial score (nSPS) is 13.0. The molecule has 1 rings (SSSR count). The van der Waals surface area contributed by atoms with Gasteiger partial charge in [0.1, 0.15) is 5.84 Å². The van der Waals surface area contributed by atoms with Gasteiger partial charge < -0.3 is 5.73 Å². The Morgan fingerprint density at radius 2 is 1.93 bits per heavy atom. The molecule has 0 aliphatic carbocycles. The van der Waals surface area contributed by atoms with Crippen LogP contribution in [0.4, 0.5) is 5.69 Å². The smallest absolute Gasteiger partial charge is 0.105 e. The number of hydrogen-bond donors (Lipinski definition) is 1. The van der Waals surface area contributed by atoms with Gasteiger partial charge in [0, 0.05) is 5.41 Å². The summed E-state index contributed by atoms with van der Waals surface area (Å²) in [6.45, 7) is 8.06. The molecule has 0 heterocycles. The molecule has 0 fully saturated rings. The molecule has 0 amide bonds.